The first kappa shape index (κ1) is 15.7. The van der Waals surface area contributed by atoms with E-state index >= 15 is 0 Å². The SMILES string of the molecule is C=CCNCC(C)N(CCCC)CCCC. The van der Waals surface area contributed by atoms with Gasteiger partial charge < -0.3 is 5.32 Å². The third kappa shape index (κ3) is 7.89. The van der Waals surface area contributed by atoms with E-state index < -0.39 is 0 Å². The standard InChI is InChI=1S/C14H30N2/c1-5-8-11-16(12-9-6-2)14(4)13-15-10-7-3/h7,14-15H,3,5-6,8-13H2,1-2,4H3. The summed E-state index contributed by atoms with van der Waals surface area (Å²) in [6.07, 6.45) is 7.13. The Morgan fingerprint density at radius 3 is 2.19 bits per heavy atom. The van der Waals surface area contributed by atoms with Gasteiger partial charge in [-0.1, -0.05) is 32.8 Å². The van der Waals surface area contributed by atoms with Gasteiger partial charge in [-0.15, -0.1) is 6.58 Å². The van der Waals surface area contributed by atoms with Crippen molar-refractivity contribution in [2.24, 2.45) is 0 Å². The van der Waals surface area contributed by atoms with Gasteiger partial charge in [-0.3, -0.25) is 4.90 Å². The van der Waals surface area contributed by atoms with Gasteiger partial charge in [-0.05, 0) is 32.9 Å². The molecule has 0 saturated heterocycles. The van der Waals surface area contributed by atoms with E-state index in [2.05, 4.69) is 37.6 Å². The zero-order chi connectivity index (χ0) is 12.2. The Bertz CT molecular complexity index is 149. The molecule has 0 rings (SSSR count). The lowest BCUT2D eigenvalue weighted by atomic mass is 10.2. The molecule has 0 heterocycles. The van der Waals surface area contributed by atoms with Crippen molar-refractivity contribution in [1.82, 2.24) is 10.2 Å². The Labute approximate surface area is 102 Å². The normalized spacial score (nSPS) is 13.0. The summed E-state index contributed by atoms with van der Waals surface area (Å²) in [6, 6.07) is 0.637. The molecule has 0 bridgehead atoms. The molecule has 0 radical (unpaired) electrons. The summed E-state index contributed by atoms with van der Waals surface area (Å²) in [7, 11) is 0. The van der Waals surface area contributed by atoms with Crippen LogP contribution in [0, 0.1) is 0 Å². The van der Waals surface area contributed by atoms with E-state index in [9.17, 15) is 0 Å². The fourth-order valence-corrected chi connectivity index (χ4v) is 1.80. The summed E-state index contributed by atoms with van der Waals surface area (Å²) in [6.45, 7) is 15.0. The second-order valence-corrected chi connectivity index (χ2v) is 4.54. The topological polar surface area (TPSA) is 15.3 Å². The maximum absolute atomic E-state index is 3.73. The van der Waals surface area contributed by atoms with Crippen molar-refractivity contribution in [3.05, 3.63) is 12.7 Å². The first-order chi connectivity index (χ1) is 7.76. The van der Waals surface area contributed by atoms with Crippen LogP contribution in [0.15, 0.2) is 12.7 Å². The highest BCUT2D eigenvalue weighted by molar-refractivity contribution is 4.74. The van der Waals surface area contributed by atoms with Crippen molar-refractivity contribution in [1.29, 1.82) is 0 Å². The van der Waals surface area contributed by atoms with Crippen LogP contribution in [-0.4, -0.2) is 37.1 Å². The van der Waals surface area contributed by atoms with Crippen LogP contribution in [0.4, 0.5) is 0 Å². The van der Waals surface area contributed by atoms with Crippen molar-refractivity contribution >= 4 is 0 Å². The second-order valence-electron chi connectivity index (χ2n) is 4.54. The summed E-state index contributed by atoms with van der Waals surface area (Å²) in [5.41, 5.74) is 0. The Morgan fingerprint density at radius 2 is 1.75 bits per heavy atom. The van der Waals surface area contributed by atoms with Gasteiger partial charge >= 0.3 is 0 Å². The highest BCUT2D eigenvalue weighted by atomic mass is 15.2. The second kappa shape index (κ2) is 11.2. The lowest BCUT2D eigenvalue weighted by Crippen LogP contribution is -2.41. The zero-order valence-electron chi connectivity index (χ0n) is 11.5. The van der Waals surface area contributed by atoms with Crippen molar-refractivity contribution < 1.29 is 0 Å². The van der Waals surface area contributed by atoms with E-state index in [4.69, 9.17) is 0 Å². The Kier molecular flexibility index (Phi) is 10.9. The summed E-state index contributed by atoms with van der Waals surface area (Å²) in [5.74, 6) is 0. The number of nitrogens with one attached hydrogen (secondary N) is 1. The van der Waals surface area contributed by atoms with Crippen LogP contribution in [-0.2, 0) is 0 Å². The van der Waals surface area contributed by atoms with E-state index in [1.165, 1.54) is 38.8 Å². The van der Waals surface area contributed by atoms with Crippen LogP contribution in [0.3, 0.4) is 0 Å². The van der Waals surface area contributed by atoms with Gasteiger partial charge in [0.05, 0.1) is 0 Å². The average Bonchev–Trinajstić information content (AvgIpc) is 2.29. The molecule has 0 aromatic rings. The molecule has 0 amide bonds. The number of nitrogens with zero attached hydrogens (tertiary/aromatic N) is 1. The van der Waals surface area contributed by atoms with Gasteiger partial charge in [0.15, 0.2) is 0 Å². The molecule has 1 atom stereocenters. The van der Waals surface area contributed by atoms with Crippen LogP contribution in [0.5, 0.6) is 0 Å². The average molecular weight is 226 g/mol. The lowest BCUT2D eigenvalue weighted by molar-refractivity contribution is 0.199. The fraction of sp³-hybridized carbons (Fsp3) is 0.857. The third-order valence-electron chi connectivity index (χ3n) is 2.95. The highest BCUT2D eigenvalue weighted by Gasteiger charge is 2.11. The van der Waals surface area contributed by atoms with Crippen LogP contribution in [0.2, 0.25) is 0 Å². The van der Waals surface area contributed by atoms with Gasteiger partial charge in [0.1, 0.15) is 0 Å². The van der Waals surface area contributed by atoms with Crippen molar-refractivity contribution in [3.8, 4) is 0 Å². The molecule has 96 valence electrons. The van der Waals surface area contributed by atoms with E-state index in [1.807, 2.05) is 6.08 Å². The van der Waals surface area contributed by atoms with Crippen LogP contribution < -0.4 is 5.32 Å². The largest absolute Gasteiger partial charge is 0.312 e. The molecule has 2 heteroatoms. The predicted octanol–water partition coefficient (Wildman–Crippen LogP) is 3.05. The molecular formula is C14H30N2. The maximum Gasteiger partial charge on any atom is 0.0192 e. The minimum Gasteiger partial charge on any atom is -0.312 e. The molecule has 2 nitrogen and oxygen atoms in total. The Morgan fingerprint density at radius 1 is 1.19 bits per heavy atom. The lowest BCUT2D eigenvalue weighted by Gasteiger charge is -2.29. The molecule has 0 fully saturated rings. The van der Waals surface area contributed by atoms with Gasteiger partial charge in [-0.2, -0.15) is 0 Å². The fourth-order valence-electron chi connectivity index (χ4n) is 1.80. The highest BCUT2D eigenvalue weighted by Crippen LogP contribution is 2.04. The zero-order valence-corrected chi connectivity index (χ0v) is 11.5. The molecule has 0 aromatic carbocycles. The quantitative estimate of drug-likeness (QED) is 0.430. The maximum atomic E-state index is 3.73. The molecule has 0 aliphatic rings. The van der Waals surface area contributed by atoms with E-state index in [-0.39, 0.29) is 0 Å². The predicted molar refractivity (Wildman–Crippen MR) is 73.9 cm³/mol. The van der Waals surface area contributed by atoms with Gasteiger partial charge in [0.2, 0.25) is 0 Å². The minimum absolute atomic E-state index is 0.637. The number of hydrogen-bond donors (Lipinski definition) is 1. The monoisotopic (exact) mass is 226 g/mol. The van der Waals surface area contributed by atoms with E-state index in [1.54, 1.807) is 0 Å². The summed E-state index contributed by atoms with van der Waals surface area (Å²) >= 11 is 0. The van der Waals surface area contributed by atoms with E-state index in [0.29, 0.717) is 6.04 Å². The summed E-state index contributed by atoms with van der Waals surface area (Å²) < 4.78 is 0. The molecule has 1 N–H and O–H groups in total. The molecular weight excluding hydrogens is 196 g/mol. The van der Waals surface area contributed by atoms with Gasteiger partial charge in [0, 0.05) is 19.1 Å². The number of unbranched alkanes of at least 4 members (excludes halogenated alkanes) is 2. The minimum atomic E-state index is 0.637. The first-order valence-electron chi connectivity index (χ1n) is 6.81. The number of rotatable bonds is 11. The molecule has 0 saturated carbocycles. The molecule has 0 aromatic heterocycles. The van der Waals surface area contributed by atoms with Crippen molar-refractivity contribution in [3.63, 3.8) is 0 Å². The molecule has 0 aliphatic carbocycles. The Balaban J connectivity index is 3.87. The van der Waals surface area contributed by atoms with Crippen LogP contribution in [0.25, 0.3) is 0 Å². The van der Waals surface area contributed by atoms with Gasteiger partial charge in [0.25, 0.3) is 0 Å². The molecule has 0 spiro atoms. The molecule has 1 unspecified atom stereocenters. The van der Waals surface area contributed by atoms with Crippen LogP contribution >= 0.6 is 0 Å². The van der Waals surface area contributed by atoms with Gasteiger partial charge in [-0.25, -0.2) is 0 Å². The van der Waals surface area contributed by atoms with E-state index in [0.717, 1.165) is 13.1 Å². The van der Waals surface area contributed by atoms with Crippen molar-refractivity contribution in [2.75, 3.05) is 26.2 Å². The summed E-state index contributed by atoms with van der Waals surface area (Å²) in [5, 5.41) is 3.41. The van der Waals surface area contributed by atoms with Crippen molar-refractivity contribution in [2.45, 2.75) is 52.5 Å². The number of hydrogen-bond acceptors (Lipinski definition) is 2. The summed E-state index contributed by atoms with van der Waals surface area (Å²) in [4.78, 5) is 2.61. The molecule has 0 aliphatic heterocycles. The third-order valence-corrected chi connectivity index (χ3v) is 2.95. The Hall–Kier alpha value is -0.340. The molecule has 16 heavy (non-hydrogen) atoms. The van der Waals surface area contributed by atoms with Crippen LogP contribution in [0.1, 0.15) is 46.5 Å². The first-order valence-corrected chi connectivity index (χ1v) is 6.81. The smallest absolute Gasteiger partial charge is 0.0192 e.